The van der Waals surface area contributed by atoms with E-state index in [4.69, 9.17) is 0 Å². The van der Waals surface area contributed by atoms with Crippen LogP contribution in [0.15, 0.2) is 36.0 Å². The Labute approximate surface area is 155 Å². The lowest BCUT2D eigenvalue weighted by Gasteiger charge is -2.13. The summed E-state index contributed by atoms with van der Waals surface area (Å²) < 4.78 is 41.1. The Balaban J connectivity index is 2.14. The van der Waals surface area contributed by atoms with Crippen molar-refractivity contribution in [1.82, 2.24) is 14.8 Å². The summed E-state index contributed by atoms with van der Waals surface area (Å²) in [6, 6.07) is 2.13. The van der Waals surface area contributed by atoms with Gasteiger partial charge in [-0.2, -0.15) is 13.2 Å². The van der Waals surface area contributed by atoms with Crippen LogP contribution in [0.3, 0.4) is 0 Å². The highest BCUT2D eigenvalue weighted by molar-refractivity contribution is 7.99. The quantitative estimate of drug-likeness (QED) is 0.330. The first-order valence-corrected chi connectivity index (χ1v) is 8.41. The molecule has 144 valence electrons. The molecular formula is C15H14F3N5O3S. The largest absolute Gasteiger partial charge is 0.418 e. The third-order valence-electron chi connectivity index (χ3n) is 3.34. The molecule has 0 aliphatic carbocycles. The van der Waals surface area contributed by atoms with E-state index in [0.29, 0.717) is 23.6 Å². The van der Waals surface area contributed by atoms with Crippen LogP contribution in [0.1, 0.15) is 11.4 Å². The maximum atomic E-state index is 13.1. The van der Waals surface area contributed by atoms with Crippen molar-refractivity contribution in [3.63, 3.8) is 0 Å². The zero-order valence-corrected chi connectivity index (χ0v) is 14.8. The second-order valence-electron chi connectivity index (χ2n) is 5.25. The molecule has 0 unspecified atom stereocenters. The number of aromatic nitrogens is 3. The Morgan fingerprint density at radius 3 is 2.74 bits per heavy atom. The second kappa shape index (κ2) is 8.20. The lowest BCUT2D eigenvalue weighted by Crippen LogP contribution is -2.18. The third kappa shape index (κ3) is 5.06. The molecule has 0 fully saturated rings. The van der Waals surface area contributed by atoms with Crippen LogP contribution in [-0.2, 0) is 17.5 Å². The Hall–Kier alpha value is -2.89. The Morgan fingerprint density at radius 2 is 2.15 bits per heavy atom. The van der Waals surface area contributed by atoms with E-state index >= 15 is 0 Å². The number of amides is 1. The fraction of sp³-hybridized carbons (Fsp3) is 0.267. The molecule has 1 aromatic heterocycles. The van der Waals surface area contributed by atoms with Gasteiger partial charge in [0, 0.05) is 18.7 Å². The predicted molar refractivity (Wildman–Crippen MR) is 92.4 cm³/mol. The summed E-state index contributed by atoms with van der Waals surface area (Å²) in [6.45, 7) is 5.74. The summed E-state index contributed by atoms with van der Waals surface area (Å²) in [5.41, 5.74) is -2.56. The van der Waals surface area contributed by atoms with E-state index in [1.54, 1.807) is 17.6 Å². The van der Waals surface area contributed by atoms with Crippen molar-refractivity contribution < 1.29 is 22.9 Å². The van der Waals surface area contributed by atoms with E-state index in [1.165, 1.54) is 0 Å². The van der Waals surface area contributed by atoms with Crippen molar-refractivity contribution in [2.45, 2.75) is 24.8 Å². The highest BCUT2D eigenvalue weighted by atomic mass is 32.2. The van der Waals surface area contributed by atoms with Crippen molar-refractivity contribution in [2.75, 3.05) is 11.1 Å². The molecule has 0 saturated heterocycles. The Kier molecular flexibility index (Phi) is 6.20. The maximum absolute atomic E-state index is 13.1. The zero-order chi connectivity index (χ0) is 20.2. The molecule has 1 heterocycles. The molecule has 0 radical (unpaired) electrons. The number of rotatable bonds is 7. The average Bonchev–Trinajstić information content (AvgIpc) is 2.93. The molecule has 0 atom stereocenters. The van der Waals surface area contributed by atoms with Gasteiger partial charge in [0.2, 0.25) is 5.91 Å². The van der Waals surface area contributed by atoms with Crippen molar-refractivity contribution in [3.8, 4) is 0 Å². The van der Waals surface area contributed by atoms with Crippen LogP contribution >= 0.6 is 11.8 Å². The number of hydrogen-bond donors (Lipinski definition) is 1. The number of nitro benzene ring substituents is 1. The maximum Gasteiger partial charge on any atom is 0.418 e. The minimum Gasteiger partial charge on any atom is -0.325 e. The number of nitrogens with one attached hydrogen (secondary N) is 1. The average molecular weight is 401 g/mol. The molecule has 0 saturated carbocycles. The van der Waals surface area contributed by atoms with Crippen molar-refractivity contribution in [1.29, 1.82) is 0 Å². The normalized spacial score (nSPS) is 11.3. The molecule has 8 nitrogen and oxygen atoms in total. The topological polar surface area (TPSA) is 103 Å². The summed E-state index contributed by atoms with van der Waals surface area (Å²) >= 11 is 0.997. The van der Waals surface area contributed by atoms with Crippen LogP contribution in [0, 0.1) is 17.0 Å². The highest BCUT2D eigenvalue weighted by Crippen LogP contribution is 2.37. The number of nitro groups is 1. The number of carbonyl (C=O) groups is 1. The monoisotopic (exact) mass is 401 g/mol. The van der Waals surface area contributed by atoms with Crippen LogP contribution in [0.5, 0.6) is 0 Å². The predicted octanol–water partition coefficient (Wildman–Crippen LogP) is 3.43. The van der Waals surface area contributed by atoms with Crippen molar-refractivity contribution in [2.24, 2.45) is 0 Å². The fourth-order valence-corrected chi connectivity index (χ4v) is 2.91. The molecule has 27 heavy (non-hydrogen) atoms. The number of nitrogens with zero attached hydrogens (tertiary/aromatic N) is 4. The highest BCUT2D eigenvalue weighted by Gasteiger charge is 2.35. The standard InChI is InChI=1S/C15H14F3N5O3S/c1-3-6-22-9(2)20-21-14(22)27-8-13(24)19-12-5-4-10(23(25)26)7-11(12)15(16,17)18/h3-5,7H,1,6,8H2,2H3,(H,19,24). The molecular weight excluding hydrogens is 387 g/mol. The van der Waals surface area contributed by atoms with Gasteiger partial charge < -0.3 is 9.88 Å². The van der Waals surface area contributed by atoms with Gasteiger partial charge in [-0.1, -0.05) is 17.8 Å². The van der Waals surface area contributed by atoms with E-state index < -0.39 is 33.9 Å². The van der Waals surface area contributed by atoms with Gasteiger partial charge in [0.15, 0.2) is 5.16 Å². The van der Waals surface area contributed by atoms with Gasteiger partial charge in [-0.05, 0) is 13.0 Å². The van der Waals surface area contributed by atoms with Crippen LogP contribution in [0.2, 0.25) is 0 Å². The minimum atomic E-state index is -4.86. The summed E-state index contributed by atoms with van der Waals surface area (Å²) in [5, 5.41) is 21.0. The molecule has 1 amide bonds. The number of benzene rings is 1. The van der Waals surface area contributed by atoms with Gasteiger partial charge in [-0.25, -0.2) is 0 Å². The van der Waals surface area contributed by atoms with Crippen molar-refractivity contribution >= 4 is 29.0 Å². The summed E-state index contributed by atoms with van der Waals surface area (Å²) in [5.74, 6) is -0.332. The van der Waals surface area contributed by atoms with Crippen LogP contribution in [0.25, 0.3) is 0 Å². The number of aryl methyl sites for hydroxylation is 1. The molecule has 1 N–H and O–H groups in total. The molecule has 0 aliphatic rings. The molecule has 2 aromatic rings. The number of anilines is 1. The number of halogens is 3. The number of thioether (sulfide) groups is 1. The first-order chi connectivity index (χ1) is 12.6. The number of carbonyl (C=O) groups excluding carboxylic acids is 1. The van der Waals surface area contributed by atoms with Crippen LogP contribution < -0.4 is 5.32 Å². The number of allylic oxidation sites excluding steroid dienone is 1. The van der Waals surface area contributed by atoms with E-state index in [2.05, 4.69) is 22.1 Å². The summed E-state index contributed by atoms with van der Waals surface area (Å²) in [6.07, 6.45) is -3.24. The second-order valence-corrected chi connectivity index (χ2v) is 6.19. The fourth-order valence-electron chi connectivity index (χ4n) is 2.11. The van der Waals surface area contributed by atoms with Gasteiger partial charge in [0.1, 0.15) is 5.82 Å². The van der Waals surface area contributed by atoms with E-state index in [-0.39, 0.29) is 5.75 Å². The zero-order valence-electron chi connectivity index (χ0n) is 14.0. The van der Waals surface area contributed by atoms with Crippen LogP contribution in [0.4, 0.5) is 24.5 Å². The van der Waals surface area contributed by atoms with E-state index in [9.17, 15) is 28.1 Å². The number of hydrogen-bond acceptors (Lipinski definition) is 6. The molecule has 1 aromatic carbocycles. The van der Waals surface area contributed by atoms with E-state index in [0.717, 1.165) is 23.9 Å². The Bertz CT molecular complexity index is 882. The minimum absolute atomic E-state index is 0.219. The molecule has 0 aliphatic heterocycles. The smallest absolute Gasteiger partial charge is 0.325 e. The van der Waals surface area contributed by atoms with Gasteiger partial charge in [-0.3, -0.25) is 14.9 Å². The number of non-ortho nitro benzene ring substituents is 1. The molecule has 0 bridgehead atoms. The van der Waals surface area contributed by atoms with Crippen LogP contribution in [-0.4, -0.2) is 31.3 Å². The first kappa shape index (κ1) is 20.4. The third-order valence-corrected chi connectivity index (χ3v) is 4.31. The number of alkyl halides is 3. The van der Waals surface area contributed by atoms with Gasteiger partial charge in [0.25, 0.3) is 5.69 Å². The summed E-state index contributed by atoms with van der Waals surface area (Å²) in [4.78, 5) is 21.8. The van der Waals surface area contributed by atoms with Gasteiger partial charge in [-0.15, -0.1) is 16.8 Å². The van der Waals surface area contributed by atoms with E-state index in [1.807, 2.05) is 0 Å². The Morgan fingerprint density at radius 1 is 1.44 bits per heavy atom. The SMILES string of the molecule is C=CCn1c(C)nnc1SCC(=O)Nc1ccc([N+](=O)[O-])cc1C(F)(F)F. The summed E-state index contributed by atoms with van der Waals surface area (Å²) in [7, 11) is 0. The molecule has 0 spiro atoms. The van der Waals surface area contributed by atoms with Gasteiger partial charge in [0.05, 0.1) is 21.9 Å². The van der Waals surface area contributed by atoms with Crippen molar-refractivity contribution in [3.05, 3.63) is 52.4 Å². The first-order valence-electron chi connectivity index (χ1n) is 7.42. The molecule has 12 heteroatoms. The molecule has 2 rings (SSSR count). The lowest BCUT2D eigenvalue weighted by atomic mass is 10.1. The lowest BCUT2D eigenvalue weighted by molar-refractivity contribution is -0.385. The van der Waals surface area contributed by atoms with Gasteiger partial charge >= 0.3 is 6.18 Å².